The number of hydrogen-bond donors (Lipinski definition) is 1. The number of piperidine rings is 1. The van der Waals surface area contributed by atoms with Crippen LogP contribution < -0.4 is 4.74 Å². The molecule has 0 radical (unpaired) electrons. The number of alkyl halides is 3. The number of likely N-dealkylation sites (N-methyl/N-ethyl adjacent to an activating group) is 1. The van der Waals surface area contributed by atoms with Crippen LogP contribution >= 0.6 is 0 Å². The van der Waals surface area contributed by atoms with Crippen molar-refractivity contribution >= 4 is 11.7 Å². The summed E-state index contributed by atoms with van der Waals surface area (Å²) in [4.78, 5) is 29.0. The maximum absolute atomic E-state index is 13.2. The minimum atomic E-state index is -4.92. The number of carbonyl (C=O) groups excluding carboxylic acids is 2. The largest absolute Gasteiger partial charge is 0.493 e. The number of aromatic nitrogens is 1. The summed E-state index contributed by atoms with van der Waals surface area (Å²) < 4.78 is 46.4. The van der Waals surface area contributed by atoms with Gasteiger partial charge in [0.2, 0.25) is 0 Å². The fraction of sp³-hybridized carbons (Fsp3) is 0.520. The molecule has 2 aromatic rings. The number of benzene rings is 1. The fourth-order valence-corrected chi connectivity index (χ4v) is 5.21. The predicted octanol–water partition coefficient (Wildman–Crippen LogP) is 3.38. The molecule has 0 aliphatic carbocycles. The Kier molecular flexibility index (Phi) is 6.97. The van der Waals surface area contributed by atoms with Gasteiger partial charge in [-0.3, -0.25) is 14.5 Å². The number of aliphatic hydroxyl groups excluding tert-OH is 1. The summed E-state index contributed by atoms with van der Waals surface area (Å²) in [6.45, 7) is 4.03. The highest BCUT2D eigenvalue weighted by Gasteiger charge is 2.47. The van der Waals surface area contributed by atoms with Crippen molar-refractivity contribution in [1.29, 1.82) is 0 Å². The number of hydrogen-bond acceptors (Lipinski definition) is 5. The van der Waals surface area contributed by atoms with Crippen LogP contribution in [0, 0.1) is 6.92 Å². The van der Waals surface area contributed by atoms with Crippen LogP contribution in [0.5, 0.6) is 5.75 Å². The highest BCUT2D eigenvalue weighted by molar-refractivity contribution is 5.99. The first-order chi connectivity index (χ1) is 16.6. The van der Waals surface area contributed by atoms with Gasteiger partial charge in [-0.15, -0.1) is 0 Å². The molecule has 2 aliphatic rings. The van der Waals surface area contributed by atoms with Gasteiger partial charge in [-0.2, -0.15) is 13.2 Å². The molecule has 1 aromatic heterocycles. The number of likely N-dealkylation sites (tertiary alicyclic amines) is 1. The van der Waals surface area contributed by atoms with E-state index in [2.05, 4.69) is 4.90 Å². The zero-order valence-corrected chi connectivity index (χ0v) is 19.9. The van der Waals surface area contributed by atoms with E-state index in [1.165, 1.54) is 10.6 Å². The molecule has 0 atom stereocenters. The van der Waals surface area contributed by atoms with Gasteiger partial charge in [0.05, 0.1) is 17.8 Å². The summed E-state index contributed by atoms with van der Waals surface area (Å²) in [5, 5.41) is 8.90. The molecule has 1 saturated heterocycles. The lowest BCUT2D eigenvalue weighted by atomic mass is 9.81. The Hall–Kier alpha value is -2.85. The summed E-state index contributed by atoms with van der Waals surface area (Å²) in [5.74, 6) is -1.26. The van der Waals surface area contributed by atoms with E-state index in [-0.39, 0.29) is 18.2 Å². The molecular formula is C25H30F3N3O4. The average molecular weight is 494 g/mol. The fourth-order valence-electron chi connectivity index (χ4n) is 5.21. The number of Topliss-reactive ketones (excluding diaryl/α,β-unsaturated/α-hetero) is 1. The van der Waals surface area contributed by atoms with Crippen LogP contribution in [0.15, 0.2) is 30.3 Å². The van der Waals surface area contributed by atoms with Gasteiger partial charge in [0, 0.05) is 50.5 Å². The molecule has 1 aromatic carbocycles. The number of rotatable bonds is 6. The number of halogens is 3. The smallest absolute Gasteiger partial charge is 0.456 e. The Morgan fingerprint density at radius 2 is 1.80 bits per heavy atom. The molecule has 1 fully saturated rings. The molecule has 1 N–H and O–H groups in total. The molecule has 190 valence electrons. The minimum Gasteiger partial charge on any atom is -0.493 e. The standard InChI is InChI=1S/C25H30F3N3O4/c1-17-16-18(4-6-20(17)35-15-3-14-32)23(34)30-10-8-24(9-11-30)21-7-5-19(22(33)25(26,27)28)31(21)13-12-29(24)2/h4-7,16,32H,3,8-15H2,1-2H3. The molecule has 4 rings (SSSR count). The zero-order valence-electron chi connectivity index (χ0n) is 19.9. The first-order valence-electron chi connectivity index (χ1n) is 11.7. The number of aliphatic hydroxyl groups is 1. The maximum atomic E-state index is 13.2. The minimum absolute atomic E-state index is 0.0476. The second kappa shape index (κ2) is 9.66. The Morgan fingerprint density at radius 3 is 2.43 bits per heavy atom. The lowest BCUT2D eigenvalue weighted by molar-refractivity contribution is -0.0892. The first kappa shape index (κ1) is 25.2. The van der Waals surface area contributed by atoms with Crippen molar-refractivity contribution in [3.05, 3.63) is 52.8 Å². The van der Waals surface area contributed by atoms with E-state index in [1.54, 1.807) is 29.2 Å². The molecule has 0 unspecified atom stereocenters. The van der Waals surface area contributed by atoms with Gasteiger partial charge in [-0.25, -0.2) is 0 Å². The van der Waals surface area contributed by atoms with Crippen LogP contribution in [-0.4, -0.2) is 77.2 Å². The van der Waals surface area contributed by atoms with E-state index >= 15 is 0 Å². The molecule has 1 spiro atoms. The summed E-state index contributed by atoms with van der Waals surface area (Å²) in [6.07, 6.45) is -3.28. The highest BCUT2D eigenvalue weighted by atomic mass is 19.4. The Bertz CT molecular complexity index is 1100. The number of amides is 1. The average Bonchev–Trinajstić information content (AvgIpc) is 3.26. The molecule has 0 saturated carbocycles. The topological polar surface area (TPSA) is 75.0 Å². The van der Waals surface area contributed by atoms with Gasteiger partial charge < -0.3 is 19.3 Å². The van der Waals surface area contributed by atoms with Gasteiger partial charge in [0.15, 0.2) is 0 Å². The van der Waals surface area contributed by atoms with E-state index < -0.39 is 17.5 Å². The van der Waals surface area contributed by atoms with Crippen LogP contribution in [-0.2, 0) is 12.1 Å². The first-order valence-corrected chi connectivity index (χ1v) is 11.7. The molecule has 10 heteroatoms. The number of fused-ring (bicyclic) bond motifs is 2. The van der Waals surface area contributed by atoms with Crippen LogP contribution in [0.1, 0.15) is 51.4 Å². The number of nitrogens with zero attached hydrogens (tertiary/aromatic N) is 3. The highest BCUT2D eigenvalue weighted by Crippen LogP contribution is 2.42. The van der Waals surface area contributed by atoms with Crippen LogP contribution in [0.4, 0.5) is 13.2 Å². The van der Waals surface area contributed by atoms with Gasteiger partial charge in [0.1, 0.15) is 5.75 Å². The van der Waals surface area contributed by atoms with Crippen LogP contribution in [0.25, 0.3) is 0 Å². The van der Waals surface area contributed by atoms with Gasteiger partial charge >= 0.3 is 6.18 Å². The van der Waals surface area contributed by atoms with Crippen molar-refractivity contribution in [2.24, 2.45) is 0 Å². The summed E-state index contributed by atoms with van der Waals surface area (Å²) in [5.41, 5.74) is 1.22. The Balaban J connectivity index is 1.50. The van der Waals surface area contributed by atoms with Crippen LogP contribution in [0.3, 0.4) is 0 Å². The van der Waals surface area contributed by atoms with Crippen molar-refractivity contribution in [3.8, 4) is 5.75 Å². The summed E-state index contributed by atoms with van der Waals surface area (Å²) in [6, 6.07) is 8.17. The van der Waals surface area contributed by atoms with E-state index in [0.717, 1.165) is 5.56 Å². The van der Waals surface area contributed by atoms with Gasteiger partial charge in [-0.05, 0) is 62.7 Å². The maximum Gasteiger partial charge on any atom is 0.456 e. The van der Waals surface area contributed by atoms with Gasteiger partial charge in [-0.1, -0.05) is 0 Å². The molecule has 1 amide bonds. The SMILES string of the molecule is Cc1cc(C(=O)N2CCC3(CC2)c2ccc(C(=O)C(F)(F)F)n2CCN3C)ccc1OCCCO. The lowest BCUT2D eigenvalue weighted by Gasteiger charge is -2.50. The predicted molar refractivity (Wildman–Crippen MR) is 123 cm³/mol. The monoisotopic (exact) mass is 493 g/mol. The van der Waals surface area contributed by atoms with E-state index in [4.69, 9.17) is 9.84 Å². The zero-order chi connectivity index (χ0) is 25.4. The quantitative estimate of drug-likeness (QED) is 0.493. The van der Waals surface area contributed by atoms with Crippen molar-refractivity contribution in [1.82, 2.24) is 14.4 Å². The van der Waals surface area contributed by atoms with Crippen molar-refractivity contribution in [2.45, 2.75) is 44.4 Å². The Labute approximate surface area is 202 Å². The lowest BCUT2D eigenvalue weighted by Crippen LogP contribution is -2.56. The third-order valence-corrected chi connectivity index (χ3v) is 7.20. The number of aryl methyl sites for hydroxylation is 1. The molecule has 35 heavy (non-hydrogen) atoms. The molecular weight excluding hydrogens is 463 g/mol. The number of carbonyl (C=O) groups is 2. The number of ketones is 1. The molecule has 0 bridgehead atoms. The van der Waals surface area contributed by atoms with Gasteiger partial charge in [0.25, 0.3) is 11.7 Å². The number of ether oxygens (including phenoxy) is 1. The van der Waals surface area contributed by atoms with E-state index in [9.17, 15) is 22.8 Å². The second-order valence-electron chi connectivity index (χ2n) is 9.23. The van der Waals surface area contributed by atoms with Crippen LogP contribution in [0.2, 0.25) is 0 Å². The molecule has 2 aliphatic heterocycles. The third kappa shape index (κ3) is 4.69. The van der Waals surface area contributed by atoms with Crippen molar-refractivity contribution in [2.75, 3.05) is 39.9 Å². The van der Waals surface area contributed by atoms with E-state index in [1.807, 2.05) is 14.0 Å². The third-order valence-electron chi connectivity index (χ3n) is 7.20. The summed E-state index contributed by atoms with van der Waals surface area (Å²) in [7, 11) is 1.94. The molecule has 3 heterocycles. The molecule has 7 nitrogen and oxygen atoms in total. The Morgan fingerprint density at radius 1 is 1.09 bits per heavy atom. The van der Waals surface area contributed by atoms with E-state index in [0.29, 0.717) is 69.1 Å². The summed E-state index contributed by atoms with van der Waals surface area (Å²) >= 11 is 0. The normalized spacial score (nSPS) is 17.9. The van der Waals surface area contributed by atoms with Crippen molar-refractivity contribution < 1.29 is 32.6 Å². The second-order valence-corrected chi connectivity index (χ2v) is 9.23. The van der Waals surface area contributed by atoms with Crippen molar-refractivity contribution in [3.63, 3.8) is 0 Å².